The van der Waals surface area contributed by atoms with Gasteiger partial charge in [-0.3, -0.25) is 4.79 Å². The summed E-state index contributed by atoms with van der Waals surface area (Å²) in [6, 6.07) is 23.3. The molecule has 0 aliphatic rings. The van der Waals surface area contributed by atoms with Gasteiger partial charge in [-0.25, -0.2) is 4.98 Å². The summed E-state index contributed by atoms with van der Waals surface area (Å²) in [4.78, 5) is 19.5. The van der Waals surface area contributed by atoms with Crippen LogP contribution in [0.3, 0.4) is 0 Å². The van der Waals surface area contributed by atoms with Crippen molar-refractivity contribution in [3.8, 4) is 5.75 Å². The molecule has 146 valence electrons. The van der Waals surface area contributed by atoms with E-state index in [1.54, 1.807) is 0 Å². The molecule has 0 fully saturated rings. The van der Waals surface area contributed by atoms with Crippen molar-refractivity contribution in [1.82, 2.24) is 9.38 Å². The molecule has 0 unspecified atom stereocenters. The summed E-state index contributed by atoms with van der Waals surface area (Å²) in [5, 5.41) is 0. The van der Waals surface area contributed by atoms with E-state index in [4.69, 9.17) is 4.74 Å². The average molecular weight is 385 g/mol. The number of fused-ring (bicyclic) bond motifs is 1. The molecular weight excluding hydrogens is 362 g/mol. The molecule has 0 aliphatic heterocycles. The first-order valence-corrected chi connectivity index (χ1v) is 9.72. The number of carbonyl (C=O) groups excluding carboxylic acids is 1. The summed E-state index contributed by atoms with van der Waals surface area (Å²) < 4.78 is 7.50. The molecule has 29 heavy (non-hydrogen) atoms. The average Bonchev–Trinajstić information content (AvgIpc) is 3.17. The van der Waals surface area contributed by atoms with Crippen molar-refractivity contribution >= 4 is 17.2 Å². The van der Waals surface area contributed by atoms with Gasteiger partial charge in [-0.05, 0) is 48.9 Å². The summed E-state index contributed by atoms with van der Waals surface area (Å²) in [6.07, 6.45) is 4.12. The fourth-order valence-corrected chi connectivity index (χ4v) is 3.34. The lowest BCUT2D eigenvalue weighted by molar-refractivity contribution is -0.118. The Morgan fingerprint density at radius 1 is 1.00 bits per heavy atom. The predicted molar refractivity (Wildman–Crippen MR) is 114 cm³/mol. The first-order valence-electron chi connectivity index (χ1n) is 9.72. The molecule has 2 aromatic carbocycles. The summed E-state index contributed by atoms with van der Waals surface area (Å²) in [7, 11) is 0. The van der Waals surface area contributed by atoms with Crippen molar-refractivity contribution < 1.29 is 9.53 Å². The van der Waals surface area contributed by atoms with Crippen molar-refractivity contribution in [2.24, 2.45) is 0 Å². The summed E-state index contributed by atoms with van der Waals surface area (Å²) in [5.41, 5.74) is 3.66. The maximum absolute atomic E-state index is 13.3. The second kappa shape index (κ2) is 8.61. The molecule has 0 atom stereocenters. The SMILES string of the molecule is CCOc1ccc(CC(=O)N(Cc2cnc3ccccn23)c2ccccc2)cc1. The molecule has 4 aromatic rings. The lowest BCUT2D eigenvalue weighted by Crippen LogP contribution is -2.32. The molecule has 5 heteroatoms. The number of aromatic nitrogens is 2. The number of para-hydroxylation sites is 1. The minimum atomic E-state index is 0.0336. The number of imidazole rings is 1. The first-order chi connectivity index (χ1) is 14.2. The third kappa shape index (κ3) is 4.29. The number of pyridine rings is 1. The molecule has 0 spiro atoms. The van der Waals surface area contributed by atoms with Gasteiger partial charge in [-0.1, -0.05) is 36.4 Å². The molecule has 4 rings (SSSR count). The molecule has 0 saturated heterocycles. The van der Waals surface area contributed by atoms with Crippen LogP contribution in [0, 0.1) is 0 Å². The van der Waals surface area contributed by atoms with E-state index in [0.29, 0.717) is 19.6 Å². The Morgan fingerprint density at radius 3 is 2.52 bits per heavy atom. The molecule has 0 saturated carbocycles. The second-order valence-electron chi connectivity index (χ2n) is 6.75. The van der Waals surface area contributed by atoms with Gasteiger partial charge < -0.3 is 14.0 Å². The Kier molecular flexibility index (Phi) is 5.56. The highest BCUT2D eigenvalue weighted by atomic mass is 16.5. The minimum absolute atomic E-state index is 0.0336. The Balaban J connectivity index is 1.59. The number of benzene rings is 2. The maximum atomic E-state index is 13.3. The monoisotopic (exact) mass is 385 g/mol. The zero-order valence-electron chi connectivity index (χ0n) is 16.4. The molecule has 1 amide bonds. The maximum Gasteiger partial charge on any atom is 0.231 e. The van der Waals surface area contributed by atoms with E-state index in [0.717, 1.165) is 28.3 Å². The van der Waals surface area contributed by atoms with Crippen molar-refractivity contribution in [2.45, 2.75) is 19.9 Å². The van der Waals surface area contributed by atoms with Crippen molar-refractivity contribution in [3.05, 3.63) is 96.4 Å². The first kappa shape index (κ1) is 18.7. The highest BCUT2D eigenvalue weighted by Gasteiger charge is 2.18. The van der Waals surface area contributed by atoms with Crippen molar-refractivity contribution in [3.63, 3.8) is 0 Å². The molecule has 2 heterocycles. The van der Waals surface area contributed by atoms with Gasteiger partial charge in [0.25, 0.3) is 0 Å². The summed E-state index contributed by atoms with van der Waals surface area (Å²) in [6.45, 7) is 3.03. The van der Waals surface area contributed by atoms with Gasteiger partial charge >= 0.3 is 0 Å². The fraction of sp³-hybridized carbons (Fsp3) is 0.167. The van der Waals surface area contributed by atoms with Gasteiger partial charge in [-0.2, -0.15) is 0 Å². The Labute approximate surface area is 170 Å². The van der Waals surface area contributed by atoms with E-state index >= 15 is 0 Å². The van der Waals surface area contributed by atoms with Crippen LogP contribution in [0.4, 0.5) is 5.69 Å². The van der Waals surface area contributed by atoms with Crippen LogP contribution in [-0.4, -0.2) is 21.9 Å². The third-order valence-corrected chi connectivity index (χ3v) is 4.77. The van der Waals surface area contributed by atoms with Crippen LogP contribution >= 0.6 is 0 Å². The summed E-state index contributed by atoms with van der Waals surface area (Å²) >= 11 is 0. The Morgan fingerprint density at radius 2 is 1.76 bits per heavy atom. The van der Waals surface area contributed by atoms with E-state index in [2.05, 4.69) is 4.98 Å². The summed E-state index contributed by atoms with van der Waals surface area (Å²) in [5.74, 6) is 0.848. The smallest absolute Gasteiger partial charge is 0.231 e. The van der Waals surface area contributed by atoms with Crippen LogP contribution < -0.4 is 9.64 Å². The van der Waals surface area contributed by atoms with E-state index in [-0.39, 0.29) is 5.91 Å². The molecule has 0 N–H and O–H groups in total. The van der Waals surface area contributed by atoms with Gasteiger partial charge in [0.1, 0.15) is 11.4 Å². The number of hydrogen-bond donors (Lipinski definition) is 0. The number of anilines is 1. The Bertz CT molecular complexity index is 1090. The van der Waals surface area contributed by atoms with E-state index < -0.39 is 0 Å². The molecule has 0 bridgehead atoms. The highest BCUT2D eigenvalue weighted by Crippen LogP contribution is 2.20. The quantitative estimate of drug-likeness (QED) is 0.470. The molecular formula is C24H23N3O2. The molecule has 2 aromatic heterocycles. The molecule has 5 nitrogen and oxygen atoms in total. The number of carbonyl (C=O) groups is 1. The van der Waals surface area contributed by atoms with Crippen LogP contribution in [-0.2, 0) is 17.8 Å². The number of hydrogen-bond acceptors (Lipinski definition) is 3. The Hall–Kier alpha value is -3.60. The van der Waals surface area contributed by atoms with Crippen LogP contribution in [0.2, 0.25) is 0 Å². The number of amides is 1. The van der Waals surface area contributed by atoms with E-state index in [1.165, 1.54) is 0 Å². The van der Waals surface area contributed by atoms with Gasteiger partial charge in [0.05, 0.1) is 31.5 Å². The van der Waals surface area contributed by atoms with E-state index in [1.807, 2.05) is 101 Å². The molecule has 0 aliphatic carbocycles. The standard InChI is InChI=1S/C24H23N3O2/c1-2-29-22-13-11-19(12-14-22)16-24(28)27(20-8-4-3-5-9-20)18-21-17-25-23-10-6-7-15-26(21)23/h3-15,17H,2,16,18H2,1H3. The third-order valence-electron chi connectivity index (χ3n) is 4.77. The lowest BCUT2D eigenvalue weighted by Gasteiger charge is -2.23. The van der Waals surface area contributed by atoms with Gasteiger partial charge in [0.2, 0.25) is 5.91 Å². The predicted octanol–water partition coefficient (Wildman–Crippen LogP) is 4.51. The van der Waals surface area contributed by atoms with Crippen molar-refractivity contribution in [1.29, 1.82) is 0 Å². The van der Waals surface area contributed by atoms with Crippen LogP contribution in [0.1, 0.15) is 18.2 Å². The van der Waals surface area contributed by atoms with Gasteiger partial charge in [0.15, 0.2) is 0 Å². The van der Waals surface area contributed by atoms with Gasteiger partial charge in [0, 0.05) is 11.9 Å². The zero-order valence-corrected chi connectivity index (χ0v) is 16.4. The number of nitrogens with zero attached hydrogens (tertiary/aromatic N) is 3. The molecule has 0 radical (unpaired) electrons. The fourth-order valence-electron chi connectivity index (χ4n) is 3.34. The van der Waals surface area contributed by atoms with Crippen LogP contribution in [0.15, 0.2) is 85.2 Å². The van der Waals surface area contributed by atoms with Crippen LogP contribution in [0.5, 0.6) is 5.75 Å². The van der Waals surface area contributed by atoms with Crippen LogP contribution in [0.25, 0.3) is 5.65 Å². The number of ether oxygens (including phenoxy) is 1. The highest BCUT2D eigenvalue weighted by molar-refractivity contribution is 5.94. The van der Waals surface area contributed by atoms with Crippen molar-refractivity contribution in [2.75, 3.05) is 11.5 Å². The normalized spacial score (nSPS) is 10.8. The minimum Gasteiger partial charge on any atom is -0.494 e. The van der Waals surface area contributed by atoms with Gasteiger partial charge in [-0.15, -0.1) is 0 Å². The zero-order chi connectivity index (χ0) is 20.1. The second-order valence-corrected chi connectivity index (χ2v) is 6.75. The van der Waals surface area contributed by atoms with E-state index in [9.17, 15) is 4.79 Å². The lowest BCUT2D eigenvalue weighted by atomic mass is 10.1. The topological polar surface area (TPSA) is 46.8 Å². The number of rotatable bonds is 7. The largest absolute Gasteiger partial charge is 0.494 e.